The number of imidazole rings is 1. The molecule has 1 aliphatic rings. The van der Waals surface area contributed by atoms with Gasteiger partial charge in [-0.1, -0.05) is 44.5 Å². The molecule has 8 aromatic carbocycles. The number of hydrogen-bond donors (Lipinski definition) is 0. The number of benzene rings is 8. The fourth-order valence-electron chi connectivity index (χ4n) is 9.93. The van der Waals surface area contributed by atoms with Crippen molar-refractivity contribution in [2.24, 2.45) is 0 Å². The van der Waals surface area contributed by atoms with Gasteiger partial charge in [-0.15, -0.1) is 17.5 Å². The molecule has 0 spiro atoms. The van der Waals surface area contributed by atoms with E-state index in [0.717, 1.165) is 66.7 Å². The predicted molar refractivity (Wildman–Crippen MR) is 277 cm³/mol. The zero-order chi connectivity index (χ0) is 45.6. The zero-order valence-corrected chi connectivity index (χ0v) is 43.2. The predicted octanol–water partition coefficient (Wildman–Crippen LogP) is 14.4. The van der Waals surface area contributed by atoms with Crippen LogP contribution in [0.4, 0.5) is 0 Å². The molecule has 4 heterocycles. The summed E-state index contributed by atoms with van der Waals surface area (Å²) in [7, 11) is 0. The standard InChI is InChI=1S/C61H48GeN4O.Pt/c1-61(2,3)41-33-34-63-58(36-41)66-55-29-12-11-25-51(55)52-32-31-45(38-57(52)66)67-44-20-14-19-43(37-44)64-39-65-59-46(40-17-13-18-42(35-40)62(4,5)6)26-15-27-53(59)49-23-9-7-21-47(49)48-22-8-10-24-50(48)54-28-16-30-56(64)60(54)65;/h7-36H,1-6H3;/q-2;. The van der Waals surface area contributed by atoms with E-state index in [-0.39, 0.29) is 26.5 Å². The number of rotatable bonds is 6. The van der Waals surface area contributed by atoms with Gasteiger partial charge in [-0.25, -0.2) is 4.98 Å². The van der Waals surface area contributed by atoms with Crippen LogP contribution in [0.1, 0.15) is 26.3 Å². The first-order valence-electron chi connectivity index (χ1n) is 23.0. The van der Waals surface area contributed by atoms with Crippen molar-refractivity contribution in [2.45, 2.75) is 43.5 Å². The number of fused-ring (bicyclic) bond motifs is 10. The van der Waals surface area contributed by atoms with E-state index < -0.39 is 13.3 Å². The van der Waals surface area contributed by atoms with Gasteiger partial charge in [-0.05, 0) is 34.6 Å². The summed E-state index contributed by atoms with van der Waals surface area (Å²) >= 11 is -2.19. The quantitative estimate of drug-likeness (QED) is 0.0945. The van der Waals surface area contributed by atoms with E-state index in [4.69, 9.17) is 9.72 Å². The number of para-hydroxylation sites is 3. The summed E-state index contributed by atoms with van der Waals surface area (Å²) in [6.07, 6.45) is 5.83. The van der Waals surface area contributed by atoms with Gasteiger partial charge >= 0.3 is 261 Å². The Morgan fingerprint density at radius 3 is 1.94 bits per heavy atom. The molecule has 0 amide bonds. The molecule has 68 heavy (non-hydrogen) atoms. The average Bonchev–Trinajstić information content (AvgIpc) is 3.90. The van der Waals surface area contributed by atoms with Crippen LogP contribution in [0.25, 0.3) is 94.5 Å². The molecule has 12 rings (SSSR count). The molecule has 1 aliphatic heterocycles. The van der Waals surface area contributed by atoms with Crippen molar-refractivity contribution in [3.63, 3.8) is 0 Å². The maximum atomic E-state index is 6.73. The Morgan fingerprint density at radius 2 is 1.18 bits per heavy atom. The van der Waals surface area contributed by atoms with Crippen LogP contribution in [0.3, 0.4) is 0 Å². The Hall–Kier alpha value is -6.79. The van der Waals surface area contributed by atoms with Gasteiger partial charge in [0.15, 0.2) is 0 Å². The van der Waals surface area contributed by atoms with E-state index in [9.17, 15) is 0 Å². The van der Waals surface area contributed by atoms with Gasteiger partial charge in [0.2, 0.25) is 0 Å². The topological polar surface area (TPSA) is 35.9 Å². The van der Waals surface area contributed by atoms with Crippen molar-refractivity contribution in [2.75, 3.05) is 0 Å². The SMILES string of the molecule is CC(C)(C)c1ccnc(-n2c3[c-]c(Oc4[c-]c(-n5[c-][n+]6c7c(cccc75)-c5ccccc5-c5ccccc5-c5cccc(-c7ccc[c]([Ge]([CH3])([CH3])[CH3])c7)c5-6)ccc4)ccc3c3ccccc32)c1.[Pt]. The molecule has 0 N–H and O–H groups in total. The van der Waals surface area contributed by atoms with Crippen LogP contribution in [0.5, 0.6) is 11.5 Å². The molecule has 334 valence electrons. The van der Waals surface area contributed by atoms with E-state index >= 15 is 0 Å². The Balaban J connectivity index is 0.00000507. The number of hydrogen-bond acceptors (Lipinski definition) is 2. The molecule has 0 saturated heterocycles. The first-order chi connectivity index (χ1) is 32.5. The van der Waals surface area contributed by atoms with E-state index in [1.54, 1.807) is 0 Å². The number of pyridine rings is 1. The van der Waals surface area contributed by atoms with Crippen LogP contribution in [0.15, 0.2) is 182 Å². The van der Waals surface area contributed by atoms with Gasteiger partial charge < -0.3 is 4.57 Å². The van der Waals surface area contributed by atoms with Crippen molar-refractivity contribution < 1.29 is 30.4 Å². The summed E-state index contributed by atoms with van der Waals surface area (Å²) < 4.78 is 14.9. The third kappa shape index (κ3) is 7.35. The van der Waals surface area contributed by atoms with E-state index in [2.05, 4.69) is 228 Å². The zero-order valence-electron chi connectivity index (χ0n) is 38.8. The van der Waals surface area contributed by atoms with E-state index in [1.165, 1.54) is 37.8 Å². The van der Waals surface area contributed by atoms with Crippen molar-refractivity contribution in [1.29, 1.82) is 0 Å². The Labute approximate surface area is 415 Å². The van der Waals surface area contributed by atoms with E-state index in [1.807, 2.05) is 24.4 Å². The minimum atomic E-state index is -2.19. The second-order valence-electron chi connectivity index (χ2n) is 19.7. The molecule has 0 bridgehead atoms. The average molecular weight is 1120 g/mol. The number of ether oxygens (including phenoxy) is 1. The van der Waals surface area contributed by atoms with Crippen LogP contribution < -0.4 is 13.7 Å². The minimum absolute atomic E-state index is 0. The summed E-state index contributed by atoms with van der Waals surface area (Å²) in [4.78, 5) is 4.88. The molecule has 0 atom stereocenters. The summed E-state index contributed by atoms with van der Waals surface area (Å²) in [5, 5.41) is 2.22. The molecule has 0 saturated carbocycles. The first kappa shape index (κ1) is 43.8. The van der Waals surface area contributed by atoms with Gasteiger partial charge in [0, 0.05) is 38.5 Å². The summed E-state index contributed by atoms with van der Waals surface area (Å²) in [6, 6.07) is 70.5. The van der Waals surface area contributed by atoms with Crippen molar-refractivity contribution >= 4 is 50.5 Å². The van der Waals surface area contributed by atoms with Crippen LogP contribution >= 0.6 is 0 Å². The Kier molecular flexibility index (Phi) is 10.8. The summed E-state index contributed by atoms with van der Waals surface area (Å²) in [5.41, 5.74) is 16.5. The van der Waals surface area contributed by atoms with Crippen molar-refractivity contribution in [3.05, 3.63) is 206 Å². The summed E-state index contributed by atoms with van der Waals surface area (Å²) in [6.45, 7) is 6.69. The third-order valence-electron chi connectivity index (χ3n) is 13.3. The normalized spacial score (nSPS) is 12.1. The van der Waals surface area contributed by atoms with Crippen LogP contribution in [0.2, 0.25) is 17.3 Å². The van der Waals surface area contributed by atoms with Crippen LogP contribution in [0, 0.1) is 18.5 Å². The number of aromatic nitrogens is 4. The molecule has 0 unspecified atom stereocenters. The molecule has 5 nitrogen and oxygen atoms in total. The molecule has 11 aromatic rings. The minimum Gasteiger partial charge on any atom is -0.159 e. The maximum absolute atomic E-state index is 6.73. The molecule has 3 aromatic heterocycles. The monoisotopic (exact) mass is 1120 g/mol. The smallest absolute Gasteiger partial charge is 0.159 e. The van der Waals surface area contributed by atoms with Gasteiger partial charge in [-0.3, -0.25) is 0 Å². The fraction of sp³-hybridized carbons (Fsp3) is 0.115. The summed E-state index contributed by atoms with van der Waals surface area (Å²) in [5.74, 6) is 9.40. The second kappa shape index (κ2) is 16.8. The van der Waals surface area contributed by atoms with Crippen LogP contribution in [-0.2, 0) is 26.5 Å². The molecule has 7 heteroatoms. The first-order valence-corrected chi connectivity index (χ1v) is 30.4. The Bertz CT molecular complexity index is 3780. The van der Waals surface area contributed by atoms with E-state index in [0.29, 0.717) is 11.5 Å². The van der Waals surface area contributed by atoms with Gasteiger partial charge in [-0.2, -0.15) is 6.07 Å². The molecular formula is C61H48GeN4OPt-2. The van der Waals surface area contributed by atoms with Gasteiger partial charge in [0.05, 0.1) is 0 Å². The van der Waals surface area contributed by atoms with Crippen molar-refractivity contribution in [1.82, 2.24) is 14.1 Å². The fourth-order valence-corrected chi connectivity index (χ4v) is 12.4. The molecule has 0 fully saturated rings. The van der Waals surface area contributed by atoms with Gasteiger partial charge in [0.1, 0.15) is 5.82 Å². The second-order valence-corrected chi connectivity index (χ2v) is 30.3. The van der Waals surface area contributed by atoms with Crippen LogP contribution in [-0.4, -0.2) is 27.4 Å². The Morgan fingerprint density at radius 1 is 0.559 bits per heavy atom. The third-order valence-corrected chi connectivity index (χ3v) is 17.6. The molecular weight excluding hydrogens is 1070 g/mol. The number of nitrogens with zero attached hydrogens (tertiary/aromatic N) is 4. The van der Waals surface area contributed by atoms with Crippen molar-refractivity contribution in [3.8, 4) is 73.2 Å². The van der Waals surface area contributed by atoms with Gasteiger partial charge in [0.25, 0.3) is 0 Å². The molecule has 0 aliphatic carbocycles. The molecule has 0 radical (unpaired) electrons.